The highest BCUT2D eigenvalue weighted by Crippen LogP contribution is 2.34. The van der Waals surface area contributed by atoms with Crippen LogP contribution < -0.4 is 0 Å². The molecule has 1 saturated heterocycles. The van der Waals surface area contributed by atoms with Gasteiger partial charge in [0.1, 0.15) is 25.0 Å². The van der Waals surface area contributed by atoms with Crippen molar-refractivity contribution < 1.29 is 52.4 Å². The van der Waals surface area contributed by atoms with Gasteiger partial charge in [-0.05, 0) is 0 Å². The molecule has 0 amide bonds. The van der Waals surface area contributed by atoms with Crippen molar-refractivity contribution in [3.8, 4) is 0 Å². The summed E-state index contributed by atoms with van der Waals surface area (Å²) in [6.45, 7) is 5.22. The predicted molar refractivity (Wildman–Crippen MR) is 103 cm³/mol. The van der Waals surface area contributed by atoms with Gasteiger partial charge in [0.05, 0.1) is 6.20 Å². The fourth-order valence-corrected chi connectivity index (χ4v) is 3.10. The molecule has 0 radical (unpaired) electrons. The Kier molecular flexibility index (Phi) is 8.85. The van der Waals surface area contributed by atoms with Gasteiger partial charge < -0.3 is 28.4 Å². The SMILES string of the molecule is CC(=O)OCc1cn([C@H]2O[C@H](COC(C)=O)[C@@H](OC(C)=O)[C@H](OC(C)=O)[C@H]2OC(C)=O)nn1. The van der Waals surface area contributed by atoms with E-state index in [9.17, 15) is 24.0 Å². The molecule has 14 heteroatoms. The molecular formula is C19H25N3O11. The Morgan fingerprint density at radius 2 is 1.36 bits per heavy atom. The topological polar surface area (TPSA) is 171 Å². The van der Waals surface area contributed by atoms with Crippen molar-refractivity contribution in [2.75, 3.05) is 6.61 Å². The standard InChI is InChI=1S/C19H25N3O11/c1-9(23)28-7-14-6-22(21-20-14)19-18(32-13(5)27)17(31-12(4)26)16(30-11(3)25)15(33-19)8-29-10(2)24/h6,15-19H,7-8H2,1-5H3/t15-,16-,17+,18-,19+/m1/s1. The van der Waals surface area contributed by atoms with Crippen LogP contribution in [0, 0.1) is 0 Å². The summed E-state index contributed by atoms with van der Waals surface area (Å²) < 4.78 is 33.0. The molecule has 1 aliphatic heterocycles. The van der Waals surface area contributed by atoms with Crippen molar-refractivity contribution in [1.29, 1.82) is 0 Å². The number of esters is 5. The van der Waals surface area contributed by atoms with E-state index in [-0.39, 0.29) is 18.9 Å². The van der Waals surface area contributed by atoms with Crippen LogP contribution in [0.4, 0.5) is 0 Å². The molecule has 0 bridgehead atoms. The zero-order chi connectivity index (χ0) is 24.7. The maximum absolute atomic E-state index is 11.8. The fourth-order valence-electron chi connectivity index (χ4n) is 3.10. The van der Waals surface area contributed by atoms with E-state index in [0.717, 1.165) is 25.5 Å². The van der Waals surface area contributed by atoms with E-state index < -0.39 is 60.5 Å². The molecular weight excluding hydrogens is 446 g/mol. The number of hydrogen-bond donors (Lipinski definition) is 0. The Balaban J connectivity index is 2.47. The van der Waals surface area contributed by atoms with Crippen LogP contribution in [-0.2, 0) is 59.0 Å². The summed E-state index contributed by atoms with van der Waals surface area (Å²) in [6, 6.07) is 0. The Morgan fingerprint density at radius 1 is 0.818 bits per heavy atom. The molecule has 1 aromatic rings. The molecule has 2 rings (SSSR count). The number of carbonyl (C=O) groups is 5. The molecule has 0 unspecified atom stereocenters. The molecule has 0 spiro atoms. The Labute approximate surface area is 188 Å². The van der Waals surface area contributed by atoms with Crippen molar-refractivity contribution in [3.05, 3.63) is 11.9 Å². The summed E-state index contributed by atoms with van der Waals surface area (Å²) in [5, 5.41) is 7.77. The Morgan fingerprint density at radius 3 is 1.91 bits per heavy atom. The van der Waals surface area contributed by atoms with Crippen LogP contribution in [0.3, 0.4) is 0 Å². The average Bonchev–Trinajstić information content (AvgIpc) is 3.15. The quantitative estimate of drug-likeness (QED) is 0.354. The number of aromatic nitrogens is 3. The largest absolute Gasteiger partial charge is 0.463 e. The number of ether oxygens (including phenoxy) is 6. The zero-order valence-corrected chi connectivity index (χ0v) is 18.7. The monoisotopic (exact) mass is 471 g/mol. The van der Waals surface area contributed by atoms with Gasteiger partial charge in [0.15, 0.2) is 24.5 Å². The first-order valence-electron chi connectivity index (χ1n) is 9.82. The summed E-state index contributed by atoms with van der Waals surface area (Å²) >= 11 is 0. The molecule has 0 aliphatic carbocycles. The molecule has 14 nitrogen and oxygen atoms in total. The molecule has 1 fully saturated rings. The van der Waals surface area contributed by atoms with Gasteiger partial charge in [-0.25, -0.2) is 4.68 Å². The van der Waals surface area contributed by atoms with Crippen molar-refractivity contribution in [3.63, 3.8) is 0 Å². The molecule has 5 atom stereocenters. The van der Waals surface area contributed by atoms with Gasteiger partial charge in [-0.15, -0.1) is 5.10 Å². The number of hydrogen-bond acceptors (Lipinski definition) is 13. The lowest BCUT2D eigenvalue weighted by molar-refractivity contribution is -0.270. The first-order valence-corrected chi connectivity index (χ1v) is 9.82. The third kappa shape index (κ3) is 7.52. The lowest BCUT2D eigenvalue weighted by atomic mass is 9.97. The van der Waals surface area contributed by atoms with Crippen molar-refractivity contribution in [2.45, 2.75) is 71.9 Å². The lowest BCUT2D eigenvalue weighted by Gasteiger charge is -2.44. The van der Waals surface area contributed by atoms with E-state index in [0.29, 0.717) is 0 Å². The van der Waals surface area contributed by atoms with Crippen LogP contribution in [0.25, 0.3) is 0 Å². The van der Waals surface area contributed by atoms with Crippen molar-refractivity contribution in [1.82, 2.24) is 15.0 Å². The summed E-state index contributed by atoms with van der Waals surface area (Å²) in [4.78, 5) is 57.8. The molecule has 1 aliphatic rings. The second kappa shape index (κ2) is 11.4. The Hall–Kier alpha value is -3.55. The van der Waals surface area contributed by atoms with Gasteiger partial charge in [-0.3, -0.25) is 24.0 Å². The summed E-state index contributed by atoms with van der Waals surface area (Å²) in [5.74, 6) is -3.40. The van der Waals surface area contributed by atoms with E-state index in [1.807, 2.05) is 0 Å². The normalized spacial score (nSPS) is 24.3. The lowest BCUT2D eigenvalue weighted by Crippen LogP contribution is -2.60. The predicted octanol–water partition coefficient (Wildman–Crippen LogP) is -0.403. The molecule has 1 aromatic heterocycles. The molecule has 0 N–H and O–H groups in total. The van der Waals surface area contributed by atoms with Crippen LogP contribution >= 0.6 is 0 Å². The van der Waals surface area contributed by atoms with Gasteiger partial charge >= 0.3 is 29.8 Å². The van der Waals surface area contributed by atoms with Crippen LogP contribution in [0.15, 0.2) is 6.20 Å². The number of nitrogens with zero attached hydrogens (tertiary/aromatic N) is 3. The third-order valence-corrected chi connectivity index (χ3v) is 4.21. The van der Waals surface area contributed by atoms with Crippen LogP contribution in [0.1, 0.15) is 46.5 Å². The zero-order valence-electron chi connectivity index (χ0n) is 18.7. The summed E-state index contributed by atoms with van der Waals surface area (Å²) in [6.07, 6.45) is -4.94. The minimum absolute atomic E-state index is 0.180. The van der Waals surface area contributed by atoms with E-state index in [4.69, 9.17) is 28.4 Å². The molecule has 182 valence electrons. The van der Waals surface area contributed by atoms with E-state index >= 15 is 0 Å². The molecule has 0 aromatic carbocycles. The maximum Gasteiger partial charge on any atom is 0.303 e. The van der Waals surface area contributed by atoms with Gasteiger partial charge in [-0.1, -0.05) is 5.21 Å². The first kappa shape index (κ1) is 25.7. The molecule has 0 saturated carbocycles. The van der Waals surface area contributed by atoms with Gasteiger partial charge in [-0.2, -0.15) is 0 Å². The van der Waals surface area contributed by atoms with E-state index in [2.05, 4.69) is 10.3 Å². The number of rotatable bonds is 8. The third-order valence-electron chi connectivity index (χ3n) is 4.21. The molecule has 33 heavy (non-hydrogen) atoms. The smallest absolute Gasteiger partial charge is 0.303 e. The van der Waals surface area contributed by atoms with Crippen molar-refractivity contribution >= 4 is 29.8 Å². The molecule has 2 heterocycles. The van der Waals surface area contributed by atoms with E-state index in [1.165, 1.54) is 20.0 Å². The minimum atomic E-state index is -1.34. The second-order valence-corrected chi connectivity index (χ2v) is 7.06. The minimum Gasteiger partial charge on any atom is -0.463 e. The highest BCUT2D eigenvalue weighted by atomic mass is 16.7. The first-order chi connectivity index (χ1) is 15.5. The highest BCUT2D eigenvalue weighted by Gasteiger charge is 2.53. The second-order valence-electron chi connectivity index (χ2n) is 7.06. The maximum atomic E-state index is 11.8. The fraction of sp³-hybridized carbons (Fsp3) is 0.632. The Bertz CT molecular complexity index is 899. The average molecular weight is 471 g/mol. The van der Waals surface area contributed by atoms with E-state index in [1.54, 1.807) is 0 Å². The summed E-state index contributed by atoms with van der Waals surface area (Å²) in [5.41, 5.74) is 0.248. The van der Waals surface area contributed by atoms with Gasteiger partial charge in [0.2, 0.25) is 0 Å². The summed E-state index contributed by atoms with van der Waals surface area (Å²) in [7, 11) is 0. The number of carbonyl (C=O) groups excluding carboxylic acids is 5. The van der Waals surface area contributed by atoms with Gasteiger partial charge in [0.25, 0.3) is 0 Å². The van der Waals surface area contributed by atoms with Crippen LogP contribution in [0.2, 0.25) is 0 Å². The highest BCUT2D eigenvalue weighted by molar-refractivity contribution is 5.68. The van der Waals surface area contributed by atoms with Crippen LogP contribution in [0.5, 0.6) is 0 Å². The van der Waals surface area contributed by atoms with Crippen LogP contribution in [-0.4, -0.2) is 75.9 Å². The van der Waals surface area contributed by atoms with Gasteiger partial charge in [0, 0.05) is 34.6 Å². The van der Waals surface area contributed by atoms with Crippen molar-refractivity contribution in [2.24, 2.45) is 0 Å².